The van der Waals surface area contributed by atoms with Gasteiger partial charge in [0.1, 0.15) is 29.1 Å². The first kappa shape index (κ1) is 32.2. The van der Waals surface area contributed by atoms with Crippen LogP contribution in [0.2, 0.25) is 0 Å². The molecule has 6 rings (SSSR count). The van der Waals surface area contributed by atoms with Crippen LogP contribution in [0.5, 0.6) is 11.6 Å². The molecule has 2 aliphatic carbocycles. The van der Waals surface area contributed by atoms with Crippen LogP contribution in [0.15, 0.2) is 30.4 Å². The summed E-state index contributed by atoms with van der Waals surface area (Å²) in [5, 5.41) is 2.87. The van der Waals surface area contributed by atoms with Crippen molar-refractivity contribution in [2.45, 2.75) is 100 Å². The second-order valence-electron chi connectivity index (χ2n) is 13.3. The molecule has 2 aliphatic heterocycles. The number of rotatable bonds is 6. The summed E-state index contributed by atoms with van der Waals surface area (Å²) >= 11 is 0. The Bertz CT molecular complexity index is 1690. The van der Waals surface area contributed by atoms with Gasteiger partial charge in [0, 0.05) is 18.4 Å². The van der Waals surface area contributed by atoms with E-state index >= 15 is 0 Å². The van der Waals surface area contributed by atoms with Gasteiger partial charge in [0.25, 0.3) is 5.91 Å². The first-order valence-corrected chi connectivity index (χ1v) is 17.4. The number of allylic oxidation sites excluding steroid dienone is 1. The number of carbonyl (C=O) groups excluding carboxylic acids is 3. The predicted octanol–water partition coefficient (Wildman–Crippen LogP) is 2.02. The molecule has 0 spiro atoms. The molecule has 14 heteroatoms. The van der Waals surface area contributed by atoms with Crippen LogP contribution in [0.1, 0.15) is 70.4 Å². The van der Waals surface area contributed by atoms with Gasteiger partial charge < -0.3 is 25.4 Å². The number of carbonyl (C=O) groups is 3. The first-order chi connectivity index (χ1) is 21.9. The molecular formula is C32H42N6O7S. The molecule has 2 aromatic rings. The third-order valence-electron chi connectivity index (χ3n) is 9.80. The van der Waals surface area contributed by atoms with E-state index in [1.54, 1.807) is 39.2 Å². The number of nitrogens with zero attached hydrogens (tertiary/aromatic N) is 3. The Morgan fingerprint density at radius 1 is 1.15 bits per heavy atom. The Labute approximate surface area is 268 Å². The van der Waals surface area contributed by atoms with Gasteiger partial charge >= 0.3 is 0 Å². The van der Waals surface area contributed by atoms with Gasteiger partial charge in [-0.05, 0) is 64.5 Å². The molecule has 1 saturated heterocycles. The summed E-state index contributed by atoms with van der Waals surface area (Å²) in [6.45, 7) is 3.45. The van der Waals surface area contributed by atoms with E-state index in [-0.39, 0.29) is 37.1 Å². The SMILES string of the molecule is COc1ccc2nc(C)c(O[C@@H]3C[C@H]4C(=O)NC5(C(=O)NS(=O)(=O)C6(C)CC6)C[C@H]5/C=C\CCCCC[C@H](N)C(=O)N4C3)nc2c1. The van der Waals surface area contributed by atoms with Crippen LogP contribution < -0.4 is 25.2 Å². The number of nitrogens with one attached hydrogen (secondary N) is 2. The number of fused-ring (bicyclic) bond motifs is 3. The number of sulfonamides is 1. The molecule has 1 aromatic carbocycles. The molecule has 0 bridgehead atoms. The highest BCUT2D eigenvalue weighted by Crippen LogP contribution is 2.47. The lowest BCUT2D eigenvalue weighted by atomic mass is 10.1. The number of hydrogen-bond acceptors (Lipinski definition) is 10. The number of amides is 3. The lowest BCUT2D eigenvalue weighted by molar-refractivity contribution is -0.140. The molecule has 1 aromatic heterocycles. The third kappa shape index (κ3) is 6.16. The highest BCUT2D eigenvalue weighted by molar-refractivity contribution is 7.91. The van der Waals surface area contributed by atoms with Crippen LogP contribution in [-0.4, -0.2) is 83.1 Å². The van der Waals surface area contributed by atoms with E-state index in [1.165, 1.54) is 4.90 Å². The summed E-state index contributed by atoms with van der Waals surface area (Å²) in [5.74, 6) is -1.19. The Morgan fingerprint density at radius 2 is 1.93 bits per heavy atom. The summed E-state index contributed by atoms with van der Waals surface area (Å²) in [5.41, 5.74) is 6.69. The predicted molar refractivity (Wildman–Crippen MR) is 169 cm³/mol. The topological polar surface area (TPSA) is 183 Å². The van der Waals surface area contributed by atoms with E-state index in [1.807, 2.05) is 12.2 Å². The second kappa shape index (κ2) is 12.1. The maximum atomic E-state index is 14.0. The lowest BCUT2D eigenvalue weighted by Gasteiger charge is -2.28. The van der Waals surface area contributed by atoms with Gasteiger partial charge in [-0.2, -0.15) is 0 Å². The maximum Gasteiger partial charge on any atom is 0.259 e. The highest BCUT2D eigenvalue weighted by Gasteiger charge is 2.63. The molecule has 248 valence electrons. The average Bonchev–Trinajstić information content (AvgIpc) is 3.90. The minimum atomic E-state index is -3.93. The molecule has 46 heavy (non-hydrogen) atoms. The number of nitrogens with two attached hydrogens (primary N) is 1. The fraction of sp³-hybridized carbons (Fsp3) is 0.594. The van der Waals surface area contributed by atoms with Gasteiger partial charge in [-0.15, -0.1) is 0 Å². The summed E-state index contributed by atoms with van der Waals surface area (Å²) in [4.78, 5) is 52.0. The van der Waals surface area contributed by atoms with Gasteiger partial charge in [-0.3, -0.25) is 19.1 Å². The molecule has 5 atom stereocenters. The lowest BCUT2D eigenvalue weighted by Crippen LogP contribution is -2.58. The van der Waals surface area contributed by atoms with Crippen molar-refractivity contribution < 1.29 is 32.3 Å². The minimum Gasteiger partial charge on any atom is -0.497 e. The number of ether oxygens (including phenoxy) is 2. The van der Waals surface area contributed by atoms with Crippen molar-refractivity contribution in [1.29, 1.82) is 0 Å². The zero-order valence-electron chi connectivity index (χ0n) is 26.5. The van der Waals surface area contributed by atoms with Crippen molar-refractivity contribution in [2.75, 3.05) is 13.7 Å². The van der Waals surface area contributed by atoms with Crippen molar-refractivity contribution in [3.63, 3.8) is 0 Å². The molecule has 1 unspecified atom stereocenters. The molecule has 3 heterocycles. The van der Waals surface area contributed by atoms with Crippen LogP contribution in [0.3, 0.4) is 0 Å². The van der Waals surface area contributed by atoms with E-state index in [4.69, 9.17) is 15.2 Å². The quantitative estimate of drug-likeness (QED) is 0.390. The number of methoxy groups -OCH3 is 1. The van der Waals surface area contributed by atoms with Gasteiger partial charge in [0.15, 0.2) is 0 Å². The van der Waals surface area contributed by atoms with Crippen LogP contribution >= 0.6 is 0 Å². The smallest absolute Gasteiger partial charge is 0.259 e. The van der Waals surface area contributed by atoms with Crippen molar-refractivity contribution in [2.24, 2.45) is 11.7 Å². The fourth-order valence-electron chi connectivity index (χ4n) is 6.34. The number of aryl methyl sites for hydroxylation is 1. The Hall–Kier alpha value is -3.78. The second-order valence-corrected chi connectivity index (χ2v) is 15.5. The summed E-state index contributed by atoms with van der Waals surface area (Å²) in [6, 6.07) is 3.55. The van der Waals surface area contributed by atoms with Crippen molar-refractivity contribution in [1.82, 2.24) is 24.9 Å². The van der Waals surface area contributed by atoms with Crippen molar-refractivity contribution in [3.05, 3.63) is 36.0 Å². The average molecular weight is 655 g/mol. The third-order valence-corrected chi connectivity index (χ3v) is 12.0. The number of benzene rings is 1. The van der Waals surface area contributed by atoms with E-state index in [0.29, 0.717) is 41.7 Å². The zero-order chi connectivity index (χ0) is 32.9. The maximum absolute atomic E-state index is 14.0. The monoisotopic (exact) mass is 654 g/mol. The highest BCUT2D eigenvalue weighted by atomic mass is 32.2. The van der Waals surface area contributed by atoms with Gasteiger partial charge in [0.2, 0.25) is 27.7 Å². The summed E-state index contributed by atoms with van der Waals surface area (Å²) < 4.78 is 38.8. The standard InChI is InChI=1S/C32H42N6O7S/c1-19-28(35-25-15-21(44-3)11-12-24(25)34-19)45-22-16-26-27(39)36-32(30(41)37-46(42,43)31(2)13-14-31)17-20(32)9-7-5-4-6-8-10-23(33)29(40)38(26)18-22/h7,9,11-12,15,20,22-23,26H,4-6,8,10,13-14,16-18,33H2,1-3H3,(H,36,39)(H,37,41)/b9-7-/t20-,22-,23+,26+,32?/m1/s1. The molecular weight excluding hydrogens is 612 g/mol. The molecule has 4 aliphatic rings. The molecule has 2 saturated carbocycles. The largest absolute Gasteiger partial charge is 0.497 e. The Kier molecular flexibility index (Phi) is 8.47. The molecule has 13 nitrogen and oxygen atoms in total. The van der Waals surface area contributed by atoms with Gasteiger partial charge in [-0.1, -0.05) is 25.0 Å². The molecule has 3 amide bonds. The van der Waals surface area contributed by atoms with Crippen LogP contribution in [-0.2, 0) is 24.4 Å². The van der Waals surface area contributed by atoms with Crippen molar-refractivity contribution in [3.8, 4) is 11.6 Å². The molecule has 3 fully saturated rings. The number of aromatic nitrogens is 2. The van der Waals surface area contributed by atoms with E-state index in [9.17, 15) is 22.8 Å². The summed E-state index contributed by atoms with van der Waals surface area (Å²) in [6.07, 6.45) is 8.29. The van der Waals surface area contributed by atoms with E-state index < -0.39 is 50.3 Å². The Morgan fingerprint density at radius 3 is 2.67 bits per heavy atom. The van der Waals surface area contributed by atoms with Crippen LogP contribution in [0.4, 0.5) is 0 Å². The minimum absolute atomic E-state index is 0.0805. The van der Waals surface area contributed by atoms with E-state index in [0.717, 1.165) is 25.7 Å². The van der Waals surface area contributed by atoms with Gasteiger partial charge in [0.05, 0.1) is 35.5 Å². The fourth-order valence-corrected chi connectivity index (χ4v) is 7.66. The molecule has 4 N–H and O–H groups in total. The van der Waals surface area contributed by atoms with Crippen LogP contribution in [0, 0.1) is 12.8 Å². The van der Waals surface area contributed by atoms with Gasteiger partial charge in [-0.25, -0.2) is 18.4 Å². The summed E-state index contributed by atoms with van der Waals surface area (Å²) in [7, 11) is -2.37. The van der Waals surface area contributed by atoms with Crippen LogP contribution in [0.25, 0.3) is 11.0 Å². The van der Waals surface area contributed by atoms with E-state index in [2.05, 4.69) is 20.0 Å². The normalized spacial score (nSPS) is 30.2. The molecule has 0 radical (unpaired) electrons. The van der Waals surface area contributed by atoms with Crippen molar-refractivity contribution >= 4 is 38.8 Å². The Balaban J connectivity index is 1.27. The zero-order valence-corrected chi connectivity index (χ0v) is 27.3. The first-order valence-electron chi connectivity index (χ1n) is 16.0. The number of hydrogen-bond donors (Lipinski definition) is 3.